The van der Waals surface area contributed by atoms with Crippen LogP contribution in [0, 0.1) is 0 Å². The first kappa shape index (κ1) is 14.5. The molecule has 1 atom stereocenters. The molecule has 0 spiro atoms. The van der Waals surface area contributed by atoms with Gasteiger partial charge in [-0.1, -0.05) is 53.7 Å². The van der Waals surface area contributed by atoms with Crippen molar-refractivity contribution in [3.05, 3.63) is 65.2 Å². The van der Waals surface area contributed by atoms with Gasteiger partial charge in [-0.2, -0.15) is 9.78 Å². The second-order valence-electron chi connectivity index (χ2n) is 5.24. The number of hydrogen-bond acceptors (Lipinski definition) is 4. The van der Waals surface area contributed by atoms with Crippen LogP contribution >= 0.6 is 23.4 Å². The van der Waals surface area contributed by atoms with Crippen LogP contribution < -0.4 is 0 Å². The molecule has 0 unspecified atom stereocenters. The fraction of sp³-hybridized carbons (Fsp3) is 0.118. The highest BCUT2D eigenvalue weighted by Gasteiger charge is 2.26. The second-order valence-corrected chi connectivity index (χ2v) is 6.98. The number of nitrogens with zero attached hydrogens (tertiary/aromatic N) is 4. The molecule has 0 N–H and O–H groups in total. The Kier molecular flexibility index (Phi) is 3.67. The average Bonchev–Trinajstić information content (AvgIpc) is 2.98. The lowest BCUT2D eigenvalue weighted by molar-refractivity contribution is 0.754. The summed E-state index contributed by atoms with van der Waals surface area (Å²) in [6.45, 7) is 2.14. The van der Waals surface area contributed by atoms with Crippen LogP contribution in [0.2, 0.25) is 5.02 Å². The lowest BCUT2D eigenvalue weighted by Crippen LogP contribution is -2.21. The number of aromatic nitrogens is 3. The van der Waals surface area contributed by atoms with E-state index < -0.39 is 0 Å². The van der Waals surface area contributed by atoms with Crippen LogP contribution in [-0.4, -0.2) is 25.8 Å². The Balaban J connectivity index is 1.83. The normalized spacial score (nSPS) is 16.8. The number of halogens is 1. The van der Waals surface area contributed by atoms with E-state index in [1.807, 2.05) is 47.1 Å². The van der Waals surface area contributed by atoms with Gasteiger partial charge >= 0.3 is 0 Å². The van der Waals surface area contributed by atoms with Gasteiger partial charge in [0.25, 0.3) is 0 Å². The summed E-state index contributed by atoms with van der Waals surface area (Å²) in [6.07, 6.45) is 0. The van der Waals surface area contributed by atoms with Gasteiger partial charge in [0.1, 0.15) is 0 Å². The third-order valence-electron chi connectivity index (χ3n) is 3.66. The van der Waals surface area contributed by atoms with Crippen LogP contribution in [0.15, 0.2) is 64.9 Å². The number of fused-ring (bicyclic) bond motifs is 1. The van der Waals surface area contributed by atoms with Crippen LogP contribution in [0.3, 0.4) is 0 Å². The molecule has 1 aliphatic rings. The molecule has 0 amide bonds. The first-order valence-electron chi connectivity index (χ1n) is 7.24. The summed E-state index contributed by atoms with van der Waals surface area (Å²) in [5.41, 5.74) is 3.09. The smallest absolute Gasteiger partial charge is 0.187 e. The van der Waals surface area contributed by atoms with Crippen LogP contribution in [0.5, 0.6) is 0 Å². The van der Waals surface area contributed by atoms with Crippen molar-refractivity contribution >= 4 is 29.1 Å². The molecule has 0 saturated heterocycles. The molecular weight excluding hydrogens is 328 g/mol. The number of hydrogen-bond donors (Lipinski definition) is 0. The van der Waals surface area contributed by atoms with E-state index in [4.69, 9.17) is 16.7 Å². The summed E-state index contributed by atoms with van der Waals surface area (Å²) >= 11 is 7.63. The molecule has 4 rings (SSSR count). The van der Waals surface area contributed by atoms with Gasteiger partial charge in [-0.15, -0.1) is 10.2 Å². The third kappa shape index (κ3) is 2.66. The Morgan fingerprint density at radius 3 is 2.43 bits per heavy atom. The van der Waals surface area contributed by atoms with Crippen LogP contribution in [0.25, 0.3) is 11.4 Å². The van der Waals surface area contributed by atoms with E-state index in [0.29, 0.717) is 5.02 Å². The molecule has 23 heavy (non-hydrogen) atoms. The first-order chi connectivity index (χ1) is 11.2. The molecular formula is C17H13ClN4S. The average molecular weight is 341 g/mol. The van der Waals surface area contributed by atoms with E-state index in [1.54, 1.807) is 11.8 Å². The lowest BCUT2D eigenvalue weighted by Gasteiger charge is -2.19. The summed E-state index contributed by atoms with van der Waals surface area (Å²) in [7, 11) is 0. The maximum atomic E-state index is 5.96. The van der Waals surface area contributed by atoms with E-state index in [2.05, 4.69) is 29.3 Å². The van der Waals surface area contributed by atoms with Gasteiger partial charge in [0.05, 0.1) is 11.0 Å². The standard InChI is InChI=1S/C17H13ClN4S/c1-11-15(12-5-3-2-4-6-12)21-22-16(19-20-17(22)23-11)13-7-9-14(18)10-8-13/h2-11H,1H3/t11-/m0/s1. The quantitative estimate of drug-likeness (QED) is 0.696. The van der Waals surface area contributed by atoms with E-state index in [1.165, 1.54) is 0 Å². The van der Waals surface area contributed by atoms with Gasteiger partial charge in [0.2, 0.25) is 5.16 Å². The van der Waals surface area contributed by atoms with Gasteiger partial charge in [0, 0.05) is 10.6 Å². The van der Waals surface area contributed by atoms with Crippen molar-refractivity contribution in [1.29, 1.82) is 0 Å². The molecule has 0 radical (unpaired) electrons. The molecule has 2 heterocycles. The Labute approximate surface area is 143 Å². The van der Waals surface area contributed by atoms with Gasteiger partial charge < -0.3 is 0 Å². The zero-order valence-corrected chi connectivity index (χ0v) is 13.9. The van der Waals surface area contributed by atoms with Crippen molar-refractivity contribution < 1.29 is 0 Å². The molecule has 6 heteroatoms. The lowest BCUT2D eigenvalue weighted by atomic mass is 10.1. The first-order valence-corrected chi connectivity index (χ1v) is 8.50. The molecule has 2 aromatic carbocycles. The largest absolute Gasteiger partial charge is 0.213 e. The maximum Gasteiger partial charge on any atom is 0.213 e. The predicted molar refractivity (Wildman–Crippen MR) is 94.2 cm³/mol. The summed E-state index contributed by atoms with van der Waals surface area (Å²) in [4.78, 5) is 0. The predicted octanol–water partition coefficient (Wildman–Crippen LogP) is 4.35. The number of thioether (sulfide) groups is 1. The Bertz CT molecular complexity index is 871. The van der Waals surface area contributed by atoms with Crippen molar-refractivity contribution in [2.45, 2.75) is 17.3 Å². The molecule has 1 aromatic heterocycles. The molecule has 0 aliphatic carbocycles. The molecule has 0 saturated carbocycles. The minimum atomic E-state index is 0.229. The van der Waals surface area contributed by atoms with Crippen LogP contribution in [0.4, 0.5) is 0 Å². The summed E-state index contributed by atoms with van der Waals surface area (Å²) < 4.78 is 1.82. The minimum absolute atomic E-state index is 0.229. The highest BCUT2D eigenvalue weighted by atomic mass is 35.5. The van der Waals surface area contributed by atoms with Crippen molar-refractivity contribution in [2.24, 2.45) is 5.10 Å². The number of benzene rings is 2. The molecule has 0 fully saturated rings. The monoisotopic (exact) mass is 340 g/mol. The van der Waals surface area contributed by atoms with Crippen molar-refractivity contribution in [2.75, 3.05) is 0 Å². The van der Waals surface area contributed by atoms with Gasteiger partial charge in [-0.25, -0.2) is 0 Å². The minimum Gasteiger partial charge on any atom is -0.187 e. The Hall–Kier alpha value is -2.11. The zero-order valence-electron chi connectivity index (χ0n) is 12.3. The van der Waals surface area contributed by atoms with Crippen LogP contribution in [0.1, 0.15) is 12.5 Å². The highest BCUT2D eigenvalue weighted by molar-refractivity contribution is 8.00. The van der Waals surface area contributed by atoms with E-state index in [0.717, 1.165) is 27.8 Å². The molecule has 3 aromatic rings. The van der Waals surface area contributed by atoms with Gasteiger partial charge in [0.15, 0.2) is 5.82 Å². The SMILES string of the molecule is C[C@@H]1Sc2nnc(-c3ccc(Cl)cc3)n2N=C1c1ccccc1. The van der Waals surface area contributed by atoms with Crippen LogP contribution in [-0.2, 0) is 0 Å². The fourth-order valence-corrected chi connectivity index (χ4v) is 3.56. The van der Waals surface area contributed by atoms with Crippen molar-refractivity contribution in [3.8, 4) is 11.4 Å². The molecule has 114 valence electrons. The molecule has 4 nitrogen and oxygen atoms in total. The van der Waals surface area contributed by atoms with Crippen molar-refractivity contribution in [3.63, 3.8) is 0 Å². The zero-order chi connectivity index (χ0) is 15.8. The Morgan fingerprint density at radius 2 is 1.70 bits per heavy atom. The molecule has 0 bridgehead atoms. The highest BCUT2D eigenvalue weighted by Crippen LogP contribution is 2.32. The Morgan fingerprint density at radius 1 is 0.957 bits per heavy atom. The summed E-state index contributed by atoms with van der Waals surface area (Å²) in [5.74, 6) is 0.726. The van der Waals surface area contributed by atoms with Gasteiger partial charge in [-0.05, 0) is 36.8 Å². The van der Waals surface area contributed by atoms with Gasteiger partial charge in [-0.3, -0.25) is 0 Å². The third-order valence-corrected chi connectivity index (χ3v) is 4.95. The summed E-state index contributed by atoms with van der Waals surface area (Å²) in [5, 5.41) is 15.1. The van der Waals surface area contributed by atoms with E-state index in [-0.39, 0.29) is 5.25 Å². The fourth-order valence-electron chi connectivity index (χ4n) is 2.51. The second kappa shape index (κ2) is 5.83. The number of rotatable bonds is 2. The van der Waals surface area contributed by atoms with E-state index in [9.17, 15) is 0 Å². The maximum absolute atomic E-state index is 5.96. The topological polar surface area (TPSA) is 43.1 Å². The molecule has 1 aliphatic heterocycles. The van der Waals surface area contributed by atoms with E-state index >= 15 is 0 Å². The van der Waals surface area contributed by atoms with Crippen molar-refractivity contribution in [1.82, 2.24) is 14.9 Å². The summed E-state index contributed by atoms with van der Waals surface area (Å²) in [6, 6.07) is 17.8.